The molecule has 1 amide bonds. The minimum atomic E-state index is -0.926. The summed E-state index contributed by atoms with van der Waals surface area (Å²) in [5.41, 5.74) is 2.01. The average molecular weight is 343 g/mol. The van der Waals surface area contributed by atoms with E-state index in [0.717, 1.165) is 11.3 Å². The number of carboxylic acid groups (broad SMARTS) is 1. The summed E-state index contributed by atoms with van der Waals surface area (Å²) in [6, 6.07) is 11.1. The molecule has 0 bridgehead atoms. The molecule has 0 fully saturated rings. The van der Waals surface area contributed by atoms with Crippen molar-refractivity contribution in [3.8, 4) is 0 Å². The van der Waals surface area contributed by atoms with Crippen molar-refractivity contribution in [1.29, 1.82) is 0 Å². The number of rotatable bonds is 6. The van der Waals surface area contributed by atoms with Crippen molar-refractivity contribution in [2.75, 3.05) is 6.54 Å². The Hall–Kier alpha value is -2.63. The Morgan fingerprint density at radius 2 is 1.88 bits per heavy atom. The standard InChI is InChI=1S/C19H25N3O3/c1-19(2,3)16-11-15(22(4)21-16)17(23)20-12-14(18(24)25)10-13-8-6-5-7-9-13/h5-9,11,14H,10,12H2,1-4H3,(H,20,23)(H,24,25)/t14-/m0/s1. The van der Waals surface area contributed by atoms with Crippen molar-refractivity contribution in [2.24, 2.45) is 13.0 Å². The van der Waals surface area contributed by atoms with Crippen LogP contribution in [0.1, 0.15) is 42.5 Å². The summed E-state index contributed by atoms with van der Waals surface area (Å²) in [6.45, 7) is 6.14. The van der Waals surface area contributed by atoms with E-state index in [-0.39, 0.29) is 17.9 Å². The van der Waals surface area contributed by atoms with Gasteiger partial charge in [0.05, 0.1) is 11.6 Å². The number of carboxylic acids is 1. The summed E-state index contributed by atoms with van der Waals surface area (Å²) in [7, 11) is 1.71. The Labute approximate surface area is 147 Å². The second-order valence-electron chi connectivity index (χ2n) is 7.22. The van der Waals surface area contributed by atoms with Gasteiger partial charge in [0.15, 0.2) is 0 Å². The fourth-order valence-electron chi connectivity index (χ4n) is 2.50. The van der Waals surface area contributed by atoms with E-state index in [1.807, 2.05) is 51.1 Å². The number of carbonyl (C=O) groups is 2. The van der Waals surface area contributed by atoms with Crippen molar-refractivity contribution < 1.29 is 14.7 Å². The number of nitrogens with one attached hydrogen (secondary N) is 1. The van der Waals surface area contributed by atoms with Gasteiger partial charge in [-0.2, -0.15) is 5.10 Å². The predicted octanol–water partition coefficient (Wildman–Crippen LogP) is 2.39. The van der Waals surface area contributed by atoms with E-state index < -0.39 is 11.9 Å². The molecule has 6 nitrogen and oxygen atoms in total. The molecule has 0 unspecified atom stereocenters. The van der Waals surface area contributed by atoms with Crippen LogP contribution < -0.4 is 5.32 Å². The molecule has 0 aliphatic heterocycles. The lowest BCUT2D eigenvalue weighted by Crippen LogP contribution is -2.34. The van der Waals surface area contributed by atoms with Crippen LogP contribution in [0.4, 0.5) is 0 Å². The van der Waals surface area contributed by atoms with Crippen molar-refractivity contribution in [3.05, 3.63) is 53.3 Å². The zero-order valence-electron chi connectivity index (χ0n) is 15.1. The third-order valence-electron chi connectivity index (χ3n) is 4.06. The van der Waals surface area contributed by atoms with Gasteiger partial charge in [-0.05, 0) is 18.1 Å². The first-order valence-electron chi connectivity index (χ1n) is 8.28. The molecule has 0 aliphatic carbocycles. The van der Waals surface area contributed by atoms with Gasteiger partial charge in [-0.15, -0.1) is 0 Å². The minimum absolute atomic E-state index is 0.0685. The highest BCUT2D eigenvalue weighted by molar-refractivity contribution is 5.93. The number of nitrogens with zero attached hydrogens (tertiary/aromatic N) is 2. The highest BCUT2D eigenvalue weighted by Crippen LogP contribution is 2.21. The van der Waals surface area contributed by atoms with E-state index in [9.17, 15) is 14.7 Å². The highest BCUT2D eigenvalue weighted by atomic mass is 16.4. The summed E-state index contributed by atoms with van der Waals surface area (Å²) < 4.78 is 1.53. The number of aryl methyl sites for hydroxylation is 1. The lowest BCUT2D eigenvalue weighted by molar-refractivity contribution is -0.141. The first-order chi connectivity index (χ1) is 11.7. The van der Waals surface area contributed by atoms with Crippen molar-refractivity contribution in [2.45, 2.75) is 32.6 Å². The van der Waals surface area contributed by atoms with Crippen LogP contribution in [-0.2, 0) is 23.7 Å². The van der Waals surface area contributed by atoms with E-state index in [1.165, 1.54) is 4.68 Å². The Kier molecular flexibility index (Phi) is 5.62. The molecule has 1 atom stereocenters. The third kappa shape index (κ3) is 4.92. The van der Waals surface area contributed by atoms with Crippen molar-refractivity contribution in [1.82, 2.24) is 15.1 Å². The Balaban J connectivity index is 2.04. The number of benzene rings is 1. The lowest BCUT2D eigenvalue weighted by Gasteiger charge is -2.14. The summed E-state index contributed by atoms with van der Waals surface area (Å²) >= 11 is 0. The van der Waals surface area contributed by atoms with Crippen LogP contribution in [0.15, 0.2) is 36.4 Å². The molecule has 2 rings (SSSR count). The van der Waals surface area contributed by atoms with Gasteiger partial charge in [-0.25, -0.2) is 0 Å². The second kappa shape index (κ2) is 7.51. The molecule has 0 spiro atoms. The lowest BCUT2D eigenvalue weighted by atomic mass is 9.92. The largest absolute Gasteiger partial charge is 0.481 e. The topological polar surface area (TPSA) is 84.2 Å². The summed E-state index contributed by atoms with van der Waals surface area (Å²) in [5, 5.41) is 16.5. The molecular formula is C19H25N3O3. The molecule has 134 valence electrons. The maximum atomic E-state index is 12.4. The fourth-order valence-corrected chi connectivity index (χ4v) is 2.50. The number of hydrogen-bond donors (Lipinski definition) is 2. The normalized spacial score (nSPS) is 12.6. The number of hydrogen-bond acceptors (Lipinski definition) is 3. The van der Waals surface area contributed by atoms with Crippen LogP contribution in [-0.4, -0.2) is 33.3 Å². The molecule has 0 aliphatic rings. The Bertz CT molecular complexity index is 745. The molecule has 1 aromatic heterocycles. The monoisotopic (exact) mass is 343 g/mol. The smallest absolute Gasteiger partial charge is 0.308 e. The van der Waals surface area contributed by atoms with E-state index >= 15 is 0 Å². The summed E-state index contributed by atoms with van der Waals surface area (Å²) in [4.78, 5) is 23.9. The SMILES string of the molecule is Cn1nc(C(C)(C)C)cc1C(=O)NC[C@H](Cc1ccccc1)C(=O)O. The van der Waals surface area contributed by atoms with Crippen molar-refractivity contribution in [3.63, 3.8) is 0 Å². The third-order valence-corrected chi connectivity index (χ3v) is 4.06. The van der Waals surface area contributed by atoms with Crippen LogP contribution in [0.5, 0.6) is 0 Å². The van der Waals surface area contributed by atoms with Gasteiger partial charge in [0.2, 0.25) is 0 Å². The van der Waals surface area contributed by atoms with Gasteiger partial charge in [0.1, 0.15) is 5.69 Å². The molecule has 0 saturated heterocycles. The Morgan fingerprint density at radius 1 is 1.24 bits per heavy atom. The number of amides is 1. The number of aromatic nitrogens is 2. The van der Waals surface area contributed by atoms with Crippen LogP contribution >= 0.6 is 0 Å². The Morgan fingerprint density at radius 3 is 2.40 bits per heavy atom. The van der Waals surface area contributed by atoms with Crippen LogP contribution in [0, 0.1) is 5.92 Å². The summed E-state index contributed by atoms with van der Waals surface area (Å²) in [6.07, 6.45) is 0.370. The van der Waals surface area contributed by atoms with Gasteiger partial charge < -0.3 is 10.4 Å². The predicted molar refractivity (Wildman–Crippen MR) is 95.5 cm³/mol. The molecule has 0 radical (unpaired) electrons. The van der Waals surface area contributed by atoms with E-state index in [2.05, 4.69) is 10.4 Å². The molecular weight excluding hydrogens is 318 g/mol. The second-order valence-corrected chi connectivity index (χ2v) is 7.22. The zero-order valence-corrected chi connectivity index (χ0v) is 15.1. The van der Waals surface area contributed by atoms with Crippen molar-refractivity contribution >= 4 is 11.9 Å². The number of carbonyl (C=O) groups excluding carboxylic acids is 1. The fraction of sp³-hybridized carbons (Fsp3) is 0.421. The van der Waals surface area contributed by atoms with E-state index in [1.54, 1.807) is 13.1 Å². The van der Waals surface area contributed by atoms with Gasteiger partial charge in [0.25, 0.3) is 5.91 Å². The first-order valence-corrected chi connectivity index (χ1v) is 8.28. The molecule has 2 aromatic rings. The van der Waals surface area contributed by atoms with Gasteiger partial charge in [0, 0.05) is 19.0 Å². The van der Waals surface area contributed by atoms with E-state index in [0.29, 0.717) is 12.1 Å². The average Bonchev–Trinajstić information content (AvgIpc) is 2.94. The first kappa shape index (κ1) is 18.7. The highest BCUT2D eigenvalue weighted by Gasteiger charge is 2.23. The molecule has 6 heteroatoms. The maximum Gasteiger partial charge on any atom is 0.308 e. The molecule has 1 aromatic carbocycles. The van der Waals surface area contributed by atoms with Crippen LogP contribution in [0.25, 0.3) is 0 Å². The van der Waals surface area contributed by atoms with Gasteiger partial charge >= 0.3 is 5.97 Å². The van der Waals surface area contributed by atoms with E-state index in [4.69, 9.17) is 0 Å². The quantitative estimate of drug-likeness (QED) is 0.843. The summed E-state index contributed by atoms with van der Waals surface area (Å²) in [5.74, 6) is -1.92. The molecule has 0 saturated carbocycles. The van der Waals surface area contributed by atoms with Crippen LogP contribution in [0.3, 0.4) is 0 Å². The van der Waals surface area contributed by atoms with Gasteiger partial charge in [-0.1, -0.05) is 51.1 Å². The molecule has 1 heterocycles. The minimum Gasteiger partial charge on any atom is -0.481 e. The molecule has 25 heavy (non-hydrogen) atoms. The number of aliphatic carboxylic acids is 1. The maximum absolute atomic E-state index is 12.4. The molecule has 2 N–H and O–H groups in total. The zero-order chi connectivity index (χ0) is 18.6. The van der Waals surface area contributed by atoms with Gasteiger partial charge in [-0.3, -0.25) is 14.3 Å². The van der Waals surface area contributed by atoms with Crippen LogP contribution in [0.2, 0.25) is 0 Å².